The van der Waals surface area contributed by atoms with Crippen LogP contribution in [0.25, 0.3) is 10.4 Å². The van der Waals surface area contributed by atoms with Crippen molar-refractivity contribution < 1.29 is 70.1 Å². The highest BCUT2D eigenvalue weighted by Gasteiger charge is 2.53. The Morgan fingerprint density at radius 3 is 1.65 bits per heavy atom. The van der Waals surface area contributed by atoms with Crippen LogP contribution in [0.2, 0.25) is 0 Å². The second-order valence-corrected chi connectivity index (χ2v) is 7.65. The van der Waals surface area contributed by atoms with Gasteiger partial charge in [0.1, 0.15) is 24.4 Å². The molecule has 2 aliphatic rings. The smallest absolute Gasteiger partial charge is 0.364 e. The number of carbonyl (C=O) groups is 2. The summed E-state index contributed by atoms with van der Waals surface area (Å²) in [5.74, 6) is -8.79. The lowest BCUT2D eigenvalue weighted by atomic mass is 9.92. The first kappa shape index (κ1) is 29.8. The number of hydrogen-bond donors (Lipinski definition) is 11. The Morgan fingerprint density at radius 1 is 0.941 bits per heavy atom. The molecule has 0 amide bonds. The fraction of sp³-hybridized carbons (Fsp3) is 0.875. The number of aliphatic hydroxyl groups is 8. The number of rotatable bonds is 7. The number of nitrogens with two attached hydrogens (primary N) is 1. The van der Waals surface area contributed by atoms with Gasteiger partial charge in [0.15, 0.2) is 0 Å². The first-order chi connectivity index (χ1) is 15.6. The number of ether oxygens (including phenoxy) is 2. The zero-order chi connectivity index (χ0) is 26.4. The van der Waals surface area contributed by atoms with E-state index < -0.39 is 91.7 Å². The molecule has 10 atom stereocenters. The summed E-state index contributed by atoms with van der Waals surface area (Å²) in [5, 5.41) is 96.3. The first-order valence-electron chi connectivity index (χ1n) is 9.70. The molecule has 0 aromatic carbocycles. The Hall–Kier alpha value is -2.19. The summed E-state index contributed by atoms with van der Waals surface area (Å²) < 4.78 is 9.38. The molecule has 0 spiro atoms. The SMILES string of the molecule is NC[C@@H](O)C1O[C@@](O)(C(=O)O)C[C@@H](O)[C@H]1O.[N-]=[N+]=NC[C@@H](O)C1O[C@@](O)(C(=O)O)C[C@@H](O)[C@H]1O. The van der Waals surface area contributed by atoms with Gasteiger partial charge in [-0.1, -0.05) is 5.11 Å². The van der Waals surface area contributed by atoms with Gasteiger partial charge in [0.2, 0.25) is 0 Å². The average molecular weight is 500 g/mol. The van der Waals surface area contributed by atoms with E-state index in [0.29, 0.717) is 0 Å². The molecule has 2 rings (SSSR count). The van der Waals surface area contributed by atoms with Crippen LogP contribution in [0.4, 0.5) is 0 Å². The lowest BCUT2D eigenvalue weighted by molar-refractivity contribution is -0.306. The fourth-order valence-corrected chi connectivity index (χ4v) is 3.18. The van der Waals surface area contributed by atoms with E-state index in [-0.39, 0.29) is 6.54 Å². The summed E-state index contributed by atoms with van der Waals surface area (Å²) in [6.07, 6.45) is -13.6. The molecule has 2 unspecified atom stereocenters. The number of aliphatic hydroxyl groups excluding tert-OH is 6. The number of carboxylic acid groups (broad SMARTS) is 2. The third-order valence-corrected chi connectivity index (χ3v) is 5.10. The first-order valence-corrected chi connectivity index (χ1v) is 9.70. The van der Waals surface area contributed by atoms with Crippen LogP contribution in [0.3, 0.4) is 0 Å². The van der Waals surface area contributed by atoms with Crippen LogP contribution in [0.5, 0.6) is 0 Å². The summed E-state index contributed by atoms with van der Waals surface area (Å²) in [6.45, 7) is -0.801. The summed E-state index contributed by atoms with van der Waals surface area (Å²) in [4.78, 5) is 23.9. The minimum atomic E-state index is -2.71. The van der Waals surface area contributed by atoms with Gasteiger partial charge in [-0.15, -0.1) is 0 Å². The maximum Gasteiger partial charge on any atom is 0.364 e. The molecule has 196 valence electrons. The molecule has 18 heteroatoms. The van der Waals surface area contributed by atoms with Crippen LogP contribution in [-0.4, -0.2) is 136 Å². The predicted molar refractivity (Wildman–Crippen MR) is 103 cm³/mol. The fourth-order valence-electron chi connectivity index (χ4n) is 3.18. The molecule has 2 saturated heterocycles. The van der Waals surface area contributed by atoms with Gasteiger partial charge in [0, 0.05) is 24.3 Å². The largest absolute Gasteiger partial charge is 0.477 e. The van der Waals surface area contributed by atoms with Gasteiger partial charge >= 0.3 is 11.9 Å². The second kappa shape index (κ2) is 12.0. The topological polar surface area (TPSA) is 330 Å². The lowest BCUT2D eigenvalue weighted by Crippen LogP contribution is -2.62. The molecular weight excluding hydrogens is 472 g/mol. The van der Waals surface area contributed by atoms with Crippen molar-refractivity contribution in [2.75, 3.05) is 13.1 Å². The highest BCUT2D eigenvalue weighted by molar-refractivity contribution is 5.76. The zero-order valence-corrected chi connectivity index (χ0v) is 17.5. The van der Waals surface area contributed by atoms with E-state index in [2.05, 4.69) is 19.5 Å². The van der Waals surface area contributed by atoms with Crippen molar-refractivity contribution >= 4 is 11.9 Å². The third-order valence-electron chi connectivity index (χ3n) is 5.10. The van der Waals surface area contributed by atoms with Gasteiger partial charge in [0.25, 0.3) is 11.6 Å². The van der Waals surface area contributed by atoms with E-state index in [1.165, 1.54) is 0 Å². The van der Waals surface area contributed by atoms with E-state index in [1.54, 1.807) is 0 Å². The van der Waals surface area contributed by atoms with Crippen LogP contribution < -0.4 is 5.73 Å². The minimum Gasteiger partial charge on any atom is -0.477 e. The Balaban J connectivity index is 0.000000342. The standard InChI is InChI=1S/C8H13N3O7.C8H15NO7/c9-11-10-2-4(13)6-5(14)3(12)1-8(17,18-6)7(15)16;9-2-4(11)6-5(12)3(10)1-8(15,16-6)7(13)14/h3-6,12-14,17H,1-2H2,(H,15,16);3-6,10-12,15H,1-2,9H2,(H,13,14)/t2*3-,4-,5-,6?,8-/m11/s1. The molecule has 0 radical (unpaired) electrons. The molecule has 0 aromatic heterocycles. The number of hydrogen-bond acceptors (Lipinski definition) is 14. The monoisotopic (exact) mass is 500 g/mol. The normalized spacial score (nSPS) is 39.6. The van der Waals surface area contributed by atoms with Crippen molar-refractivity contribution in [2.24, 2.45) is 10.8 Å². The third kappa shape index (κ3) is 6.92. The van der Waals surface area contributed by atoms with E-state index in [4.69, 9.17) is 21.5 Å². The molecule has 0 saturated carbocycles. The van der Waals surface area contributed by atoms with Gasteiger partial charge in [0.05, 0.1) is 31.0 Å². The van der Waals surface area contributed by atoms with Crippen molar-refractivity contribution in [1.82, 2.24) is 0 Å². The van der Waals surface area contributed by atoms with Crippen LogP contribution >= 0.6 is 0 Å². The summed E-state index contributed by atoms with van der Waals surface area (Å²) >= 11 is 0. The van der Waals surface area contributed by atoms with Crippen molar-refractivity contribution in [1.29, 1.82) is 0 Å². The Kier molecular flexibility index (Phi) is 10.5. The van der Waals surface area contributed by atoms with Crippen LogP contribution in [0, 0.1) is 0 Å². The molecule has 12 N–H and O–H groups in total. The number of nitrogens with zero attached hydrogens (tertiary/aromatic N) is 3. The van der Waals surface area contributed by atoms with Crippen molar-refractivity contribution in [3.63, 3.8) is 0 Å². The molecule has 18 nitrogen and oxygen atoms in total. The molecule has 2 fully saturated rings. The predicted octanol–water partition coefficient (Wildman–Crippen LogP) is -5.47. The van der Waals surface area contributed by atoms with Crippen LogP contribution in [0.1, 0.15) is 12.8 Å². The van der Waals surface area contributed by atoms with Crippen molar-refractivity contribution in [3.8, 4) is 0 Å². The van der Waals surface area contributed by atoms with E-state index >= 15 is 0 Å². The van der Waals surface area contributed by atoms with Crippen molar-refractivity contribution in [2.45, 2.75) is 73.2 Å². The lowest BCUT2D eigenvalue weighted by Gasteiger charge is -2.41. The van der Waals surface area contributed by atoms with Crippen LogP contribution in [0.15, 0.2) is 5.11 Å². The maximum absolute atomic E-state index is 10.8. The van der Waals surface area contributed by atoms with Crippen LogP contribution in [-0.2, 0) is 19.1 Å². The summed E-state index contributed by atoms with van der Waals surface area (Å²) in [6, 6.07) is 0. The van der Waals surface area contributed by atoms with Gasteiger partial charge < -0.3 is 66.3 Å². The summed E-state index contributed by atoms with van der Waals surface area (Å²) in [5.41, 5.74) is 13.2. The minimum absolute atomic E-state index is 0.301. The molecule has 0 aliphatic carbocycles. The Bertz CT molecular complexity index is 768. The van der Waals surface area contributed by atoms with E-state index in [9.17, 15) is 50.4 Å². The molecule has 34 heavy (non-hydrogen) atoms. The van der Waals surface area contributed by atoms with E-state index in [1.807, 2.05) is 0 Å². The molecule has 0 aromatic rings. The van der Waals surface area contributed by atoms with Gasteiger partial charge in [-0.05, 0) is 5.53 Å². The van der Waals surface area contributed by atoms with Gasteiger partial charge in [-0.3, -0.25) is 0 Å². The molecule has 0 bridgehead atoms. The zero-order valence-electron chi connectivity index (χ0n) is 17.5. The maximum atomic E-state index is 10.8. The van der Waals surface area contributed by atoms with Crippen molar-refractivity contribution in [3.05, 3.63) is 10.4 Å². The highest BCUT2D eigenvalue weighted by Crippen LogP contribution is 2.30. The molecule has 2 heterocycles. The molecule has 2 aliphatic heterocycles. The second-order valence-electron chi connectivity index (χ2n) is 7.65. The van der Waals surface area contributed by atoms with E-state index in [0.717, 1.165) is 0 Å². The number of azide groups is 1. The number of carboxylic acids is 2. The Morgan fingerprint density at radius 2 is 1.32 bits per heavy atom. The average Bonchev–Trinajstić information content (AvgIpc) is 2.76. The Labute approximate surface area is 190 Å². The molecular formula is C16H28N4O14. The van der Waals surface area contributed by atoms with Gasteiger partial charge in [-0.25, -0.2) is 9.59 Å². The number of aliphatic carboxylic acids is 2. The summed E-state index contributed by atoms with van der Waals surface area (Å²) in [7, 11) is 0. The van der Waals surface area contributed by atoms with Gasteiger partial charge in [-0.2, -0.15) is 0 Å². The highest BCUT2D eigenvalue weighted by atomic mass is 16.7. The quantitative estimate of drug-likeness (QED) is 0.0882.